The third kappa shape index (κ3) is 2.19. The third-order valence-electron chi connectivity index (χ3n) is 5.20. The molecule has 2 aliphatic heterocycles. The van der Waals surface area contributed by atoms with Gasteiger partial charge in [0.25, 0.3) is 0 Å². The van der Waals surface area contributed by atoms with Crippen LogP contribution in [0.2, 0.25) is 0 Å². The highest BCUT2D eigenvalue weighted by Crippen LogP contribution is 2.43. The van der Waals surface area contributed by atoms with Gasteiger partial charge in [-0.1, -0.05) is 0 Å². The van der Waals surface area contributed by atoms with E-state index in [4.69, 9.17) is 0 Å². The van der Waals surface area contributed by atoms with E-state index in [-0.39, 0.29) is 5.41 Å². The zero-order chi connectivity index (χ0) is 13.6. The molecule has 1 amide bonds. The van der Waals surface area contributed by atoms with Crippen LogP contribution in [0.15, 0.2) is 16.8 Å². The smallest absolute Gasteiger partial charge is 0.234 e. The van der Waals surface area contributed by atoms with E-state index in [1.54, 1.807) is 11.3 Å². The van der Waals surface area contributed by atoms with Crippen LogP contribution in [0.3, 0.4) is 0 Å². The van der Waals surface area contributed by atoms with Crippen LogP contribution in [0, 0.1) is 11.3 Å². The largest absolute Gasteiger partial charge is 0.311 e. The molecule has 0 N–H and O–H groups in total. The SMILES string of the molecule is O=C1N(c2ccsc2)CC[C@]12CCCN(CC1CC1)C2. The molecular weight excluding hydrogens is 268 g/mol. The van der Waals surface area contributed by atoms with E-state index in [2.05, 4.69) is 21.7 Å². The quantitative estimate of drug-likeness (QED) is 0.854. The lowest BCUT2D eigenvalue weighted by Gasteiger charge is -2.39. The molecule has 1 aliphatic carbocycles. The Morgan fingerprint density at radius 2 is 2.20 bits per heavy atom. The van der Waals surface area contributed by atoms with E-state index in [1.165, 1.54) is 32.4 Å². The molecule has 1 atom stereocenters. The Morgan fingerprint density at radius 1 is 1.30 bits per heavy atom. The van der Waals surface area contributed by atoms with Crippen LogP contribution < -0.4 is 4.90 Å². The van der Waals surface area contributed by atoms with Crippen molar-refractivity contribution in [3.8, 4) is 0 Å². The predicted octanol–water partition coefficient (Wildman–Crippen LogP) is 2.98. The van der Waals surface area contributed by atoms with E-state index >= 15 is 0 Å². The molecule has 0 bridgehead atoms. The minimum atomic E-state index is -0.0743. The van der Waals surface area contributed by atoms with Crippen LogP contribution in [0.25, 0.3) is 0 Å². The molecule has 3 fully saturated rings. The molecule has 3 nitrogen and oxygen atoms in total. The Bertz CT molecular complexity index is 497. The number of rotatable bonds is 3. The number of nitrogens with zero attached hydrogens (tertiary/aromatic N) is 2. The van der Waals surface area contributed by atoms with E-state index in [0.717, 1.165) is 37.5 Å². The minimum absolute atomic E-state index is 0.0743. The molecule has 1 saturated carbocycles. The van der Waals surface area contributed by atoms with Crippen LogP contribution in [0.4, 0.5) is 5.69 Å². The number of piperidine rings is 1. The number of likely N-dealkylation sites (tertiary alicyclic amines) is 1. The molecule has 0 radical (unpaired) electrons. The number of anilines is 1. The van der Waals surface area contributed by atoms with Gasteiger partial charge in [-0.2, -0.15) is 11.3 Å². The van der Waals surface area contributed by atoms with Crippen molar-refractivity contribution in [3.05, 3.63) is 16.8 Å². The fourth-order valence-corrected chi connectivity index (χ4v) is 4.55. The maximum Gasteiger partial charge on any atom is 0.234 e. The number of amides is 1. The zero-order valence-corrected chi connectivity index (χ0v) is 12.7. The summed E-state index contributed by atoms with van der Waals surface area (Å²) in [5.74, 6) is 1.31. The molecule has 3 heterocycles. The van der Waals surface area contributed by atoms with Gasteiger partial charge < -0.3 is 9.80 Å². The van der Waals surface area contributed by atoms with Crippen molar-refractivity contribution in [2.45, 2.75) is 32.1 Å². The van der Waals surface area contributed by atoms with Crippen LogP contribution in [-0.4, -0.2) is 37.0 Å². The van der Waals surface area contributed by atoms with Crippen molar-refractivity contribution in [3.63, 3.8) is 0 Å². The van der Waals surface area contributed by atoms with Gasteiger partial charge >= 0.3 is 0 Å². The molecule has 108 valence electrons. The molecule has 20 heavy (non-hydrogen) atoms. The van der Waals surface area contributed by atoms with Gasteiger partial charge in [-0.15, -0.1) is 0 Å². The standard InChI is InChI=1S/C16H22N2OS/c19-15-16(6-8-18(15)14-4-9-20-11-14)5-1-7-17(12-16)10-13-2-3-13/h4,9,11,13H,1-3,5-8,10,12H2/t16-/m0/s1. The Morgan fingerprint density at radius 3 is 2.95 bits per heavy atom. The van der Waals surface area contributed by atoms with Gasteiger partial charge in [-0.05, 0) is 56.0 Å². The molecule has 0 unspecified atom stereocenters. The van der Waals surface area contributed by atoms with Gasteiger partial charge in [0.05, 0.1) is 11.1 Å². The number of carbonyl (C=O) groups excluding carboxylic acids is 1. The summed E-state index contributed by atoms with van der Waals surface area (Å²) in [5, 5.41) is 4.16. The summed E-state index contributed by atoms with van der Waals surface area (Å²) in [6.07, 6.45) is 6.13. The fourth-order valence-electron chi connectivity index (χ4n) is 3.91. The first-order valence-electron chi connectivity index (χ1n) is 7.83. The molecule has 4 heteroatoms. The lowest BCUT2D eigenvalue weighted by molar-refractivity contribution is -0.128. The molecule has 1 aromatic rings. The summed E-state index contributed by atoms with van der Waals surface area (Å²) < 4.78 is 0. The van der Waals surface area contributed by atoms with Gasteiger partial charge in [-0.25, -0.2) is 0 Å². The maximum absolute atomic E-state index is 12.9. The normalized spacial score (nSPS) is 31.4. The average molecular weight is 290 g/mol. The van der Waals surface area contributed by atoms with Crippen molar-refractivity contribution in [1.82, 2.24) is 4.90 Å². The monoisotopic (exact) mass is 290 g/mol. The van der Waals surface area contributed by atoms with Gasteiger partial charge in [0.15, 0.2) is 0 Å². The first kappa shape index (κ1) is 12.8. The highest BCUT2D eigenvalue weighted by atomic mass is 32.1. The first-order valence-corrected chi connectivity index (χ1v) is 8.78. The molecule has 4 rings (SSSR count). The van der Waals surface area contributed by atoms with Crippen LogP contribution in [0.1, 0.15) is 32.1 Å². The summed E-state index contributed by atoms with van der Waals surface area (Å²) >= 11 is 1.68. The minimum Gasteiger partial charge on any atom is -0.311 e. The topological polar surface area (TPSA) is 23.6 Å². The van der Waals surface area contributed by atoms with Gasteiger partial charge in [0, 0.05) is 25.0 Å². The van der Waals surface area contributed by atoms with Crippen molar-refractivity contribution in [2.24, 2.45) is 11.3 Å². The summed E-state index contributed by atoms with van der Waals surface area (Å²) in [6, 6.07) is 2.08. The van der Waals surface area contributed by atoms with E-state index in [9.17, 15) is 4.79 Å². The van der Waals surface area contributed by atoms with Crippen molar-refractivity contribution in [2.75, 3.05) is 31.1 Å². The molecule has 1 spiro atoms. The first-order chi connectivity index (χ1) is 9.77. The molecular formula is C16H22N2OS. The number of carbonyl (C=O) groups is 1. The van der Waals surface area contributed by atoms with Crippen molar-refractivity contribution >= 4 is 22.9 Å². The van der Waals surface area contributed by atoms with Crippen molar-refractivity contribution in [1.29, 1.82) is 0 Å². The van der Waals surface area contributed by atoms with Gasteiger partial charge in [0.1, 0.15) is 0 Å². The Hall–Kier alpha value is -0.870. The highest BCUT2D eigenvalue weighted by molar-refractivity contribution is 7.08. The predicted molar refractivity (Wildman–Crippen MR) is 82.1 cm³/mol. The van der Waals surface area contributed by atoms with Crippen LogP contribution in [-0.2, 0) is 4.79 Å². The Labute approximate surface area is 124 Å². The summed E-state index contributed by atoms with van der Waals surface area (Å²) in [4.78, 5) is 17.5. The molecule has 0 aromatic carbocycles. The van der Waals surface area contributed by atoms with Crippen molar-refractivity contribution < 1.29 is 4.79 Å². The van der Waals surface area contributed by atoms with E-state index < -0.39 is 0 Å². The molecule has 2 saturated heterocycles. The second-order valence-corrected chi connectivity index (χ2v) is 7.53. The zero-order valence-electron chi connectivity index (χ0n) is 11.9. The summed E-state index contributed by atoms with van der Waals surface area (Å²) in [6.45, 7) is 4.34. The second kappa shape index (κ2) is 4.85. The number of thiophene rings is 1. The maximum atomic E-state index is 12.9. The Balaban J connectivity index is 1.50. The average Bonchev–Trinajstić information content (AvgIpc) is 2.99. The van der Waals surface area contributed by atoms with E-state index in [1.807, 2.05) is 4.90 Å². The van der Waals surface area contributed by atoms with Gasteiger partial charge in [-0.3, -0.25) is 4.79 Å². The van der Waals surface area contributed by atoms with E-state index in [0.29, 0.717) is 5.91 Å². The molecule has 3 aliphatic rings. The second-order valence-electron chi connectivity index (χ2n) is 6.75. The summed E-state index contributed by atoms with van der Waals surface area (Å²) in [7, 11) is 0. The fraction of sp³-hybridized carbons (Fsp3) is 0.688. The van der Waals surface area contributed by atoms with Crippen LogP contribution in [0.5, 0.6) is 0 Å². The lowest BCUT2D eigenvalue weighted by Crippen LogP contribution is -2.48. The lowest BCUT2D eigenvalue weighted by atomic mass is 9.78. The Kier molecular flexibility index (Phi) is 3.11. The number of hydrogen-bond acceptors (Lipinski definition) is 3. The summed E-state index contributed by atoms with van der Waals surface area (Å²) in [5.41, 5.74) is 1.03. The number of hydrogen-bond donors (Lipinski definition) is 0. The highest BCUT2D eigenvalue weighted by Gasteiger charge is 2.49. The molecule has 1 aromatic heterocycles. The third-order valence-corrected chi connectivity index (χ3v) is 5.87. The van der Waals surface area contributed by atoms with Gasteiger partial charge in [0.2, 0.25) is 5.91 Å². The van der Waals surface area contributed by atoms with Crippen LogP contribution >= 0.6 is 11.3 Å².